The van der Waals surface area contributed by atoms with Gasteiger partial charge in [0.05, 0.1) is 7.11 Å². The van der Waals surface area contributed by atoms with Crippen LogP contribution in [0, 0.1) is 5.41 Å². The first kappa shape index (κ1) is 16.8. The average Bonchev–Trinajstić information content (AvgIpc) is 2.32. The van der Waals surface area contributed by atoms with Crippen LogP contribution >= 0.6 is 23.2 Å². The maximum atomic E-state index is 12.2. The SMILES string of the molecule is COC(=O)C(NC(=O)c1cc(Cl)cc(Cl)c1)C(C)(C)C. The molecule has 110 valence electrons. The molecule has 1 rings (SSSR count). The third kappa shape index (κ3) is 4.39. The first-order valence-corrected chi connectivity index (χ1v) is 6.75. The van der Waals surface area contributed by atoms with E-state index in [1.165, 1.54) is 25.3 Å². The Labute approximate surface area is 128 Å². The zero-order valence-corrected chi connectivity index (χ0v) is 13.3. The molecule has 0 aromatic heterocycles. The molecule has 0 fully saturated rings. The molecule has 1 atom stereocenters. The zero-order chi connectivity index (χ0) is 15.5. The molecule has 0 aliphatic heterocycles. The van der Waals surface area contributed by atoms with E-state index in [1.54, 1.807) is 0 Å². The molecule has 0 saturated heterocycles. The highest BCUT2D eigenvalue weighted by Crippen LogP contribution is 2.22. The number of rotatable bonds is 3. The Kier molecular flexibility index (Phi) is 5.42. The molecule has 0 bridgehead atoms. The molecule has 0 saturated carbocycles. The van der Waals surface area contributed by atoms with Crippen LogP contribution < -0.4 is 5.32 Å². The highest BCUT2D eigenvalue weighted by Gasteiger charge is 2.33. The zero-order valence-electron chi connectivity index (χ0n) is 11.8. The number of halogens is 2. The Morgan fingerprint density at radius 2 is 1.65 bits per heavy atom. The lowest BCUT2D eigenvalue weighted by Gasteiger charge is -2.29. The van der Waals surface area contributed by atoms with E-state index in [9.17, 15) is 9.59 Å². The van der Waals surface area contributed by atoms with E-state index in [0.717, 1.165) is 0 Å². The number of nitrogens with one attached hydrogen (secondary N) is 1. The fourth-order valence-electron chi connectivity index (χ4n) is 1.65. The van der Waals surface area contributed by atoms with Gasteiger partial charge in [0, 0.05) is 15.6 Å². The molecule has 4 nitrogen and oxygen atoms in total. The number of esters is 1. The number of methoxy groups -OCH3 is 1. The van der Waals surface area contributed by atoms with Crippen molar-refractivity contribution in [2.75, 3.05) is 7.11 Å². The second-order valence-electron chi connectivity index (χ2n) is 5.45. The lowest BCUT2D eigenvalue weighted by molar-refractivity contribution is -0.145. The van der Waals surface area contributed by atoms with Crippen LogP contribution in [-0.2, 0) is 9.53 Å². The molecule has 1 unspecified atom stereocenters. The van der Waals surface area contributed by atoms with E-state index in [1.807, 2.05) is 20.8 Å². The van der Waals surface area contributed by atoms with Gasteiger partial charge in [-0.25, -0.2) is 4.79 Å². The van der Waals surface area contributed by atoms with Gasteiger partial charge in [-0.2, -0.15) is 0 Å². The quantitative estimate of drug-likeness (QED) is 0.870. The maximum Gasteiger partial charge on any atom is 0.328 e. The smallest absolute Gasteiger partial charge is 0.328 e. The highest BCUT2D eigenvalue weighted by atomic mass is 35.5. The first-order valence-electron chi connectivity index (χ1n) is 6.00. The van der Waals surface area contributed by atoms with Gasteiger partial charge < -0.3 is 10.1 Å². The lowest BCUT2D eigenvalue weighted by Crippen LogP contribution is -2.49. The van der Waals surface area contributed by atoms with Crippen molar-refractivity contribution in [2.24, 2.45) is 5.41 Å². The summed E-state index contributed by atoms with van der Waals surface area (Å²) in [6.07, 6.45) is 0. The van der Waals surface area contributed by atoms with Gasteiger partial charge in [0.25, 0.3) is 5.91 Å². The largest absolute Gasteiger partial charge is 0.467 e. The van der Waals surface area contributed by atoms with Crippen LogP contribution in [0.5, 0.6) is 0 Å². The van der Waals surface area contributed by atoms with Gasteiger partial charge in [-0.05, 0) is 23.6 Å². The summed E-state index contributed by atoms with van der Waals surface area (Å²) in [5, 5.41) is 3.36. The Bertz CT molecular complexity index is 503. The number of hydrogen-bond acceptors (Lipinski definition) is 3. The summed E-state index contributed by atoms with van der Waals surface area (Å²) in [7, 11) is 1.28. The molecule has 20 heavy (non-hydrogen) atoms. The lowest BCUT2D eigenvalue weighted by atomic mass is 9.86. The van der Waals surface area contributed by atoms with Crippen molar-refractivity contribution in [1.82, 2.24) is 5.32 Å². The fraction of sp³-hybridized carbons (Fsp3) is 0.429. The minimum absolute atomic E-state index is 0.292. The van der Waals surface area contributed by atoms with Gasteiger partial charge in [-0.3, -0.25) is 4.79 Å². The Morgan fingerprint density at radius 3 is 2.05 bits per heavy atom. The van der Waals surface area contributed by atoms with E-state index in [2.05, 4.69) is 5.32 Å². The van der Waals surface area contributed by atoms with Gasteiger partial charge in [0.1, 0.15) is 6.04 Å². The van der Waals surface area contributed by atoms with E-state index in [0.29, 0.717) is 15.6 Å². The Hall–Kier alpha value is -1.26. The summed E-state index contributed by atoms with van der Waals surface area (Å²) in [6.45, 7) is 5.50. The third-order valence-electron chi connectivity index (χ3n) is 2.70. The predicted octanol–water partition coefficient (Wildman–Crippen LogP) is 3.31. The number of carbonyl (C=O) groups excluding carboxylic acids is 2. The molecule has 1 N–H and O–H groups in total. The van der Waals surface area contributed by atoms with Crippen LogP contribution in [0.15, 0.2) is 18.2 Å². The van der Waals surface area contributed by atoms with E-state index in [4.69, 9.17) is 27.9 Å². The molecular weight excluding hydrogens is 301 g/mol. The summed E-state index contributed by atoms with van der Waals surface area (Å²) in [4.78, 5) is 24.0. The topological polar surface area (TPSA) is 55.4 Å². The average molecular weight is 318 g/mol. The van der Waals surface area contributed by atoms with Crippen LogP contribution in [-0.4, -0.2) is 25.0 Å². The van der Waals surface area contributed by atoms with Crippen LogP contribution in [0.1, 0.15) is 31.1 Å². The Morgan fingerprint density at radius 1 is 1.15 bits per heavy atom. The van der Waals surface area contributed by atoms with Crippen molar-refractivity contribution < 1.29 is 14.3 Å². The standard InChI is InChI=1S/C14H17Cl2NO3/c1-14(2,3)11(13(19)20-4)17-12(18)8-5-9(15)7-10(16)6-8/h5-7,11H,1-4H3,(H,17,18). The molecule has 0 spiro atoms. The van der Waals surface area contributed by atoms with E-state index >= 15 is 0 Å². The first-order chi connectivity index (χ1) is 9.15. The Balaban J connectivity index is 2.99. The van der Waals surface area contributed by atoms with Crippen molar-refractivity contribution >= 4 is 35.1 Å². The van der Waals surface area contributed by atoms with Crippen molar-refractivity contribution in [2.45, 2.75) is 26.8 Å². The number of benzene rings is 1. The summed E-state index contributed by atoms with van der Waals surface area (Å²) in [6, 6.07) is 3.74. The van der Waals surface area contributed by atoms with Crippen LogP contribution in [0.4, 0.5) is 0 Å². The van der Waals surface area contributed by atoms with Crippen molar-refractivity contribution in [1.29, 1.82) is 0 Å². The van der Waals surface area contributed by atoms with E-state index < -0.39 is 23.3 Å². The van der Waals surface area contributed by atoms with Gasteiger partial charge in [0.15, 0.2) is 0 Å². The summed E-state index contributed by atoms with van der Waals surface area (Å²) in [5.74, 6) is -0.932. The second-order valence-corrected chi connectivity index (χ2v) is 6.33. The molecular formula is C14H17Cl2NO3. The van der Waals surface area contributed by atoms with E-state index in [-0.39, 0.29) is 0 Å². The van der Waals surface area contributed by atoms with Crippen molar-refractivity contribution in [3.05, 3.63) is 33.8 Å². The molecule has 0 aliphatic carbocycles. The van der Waals surface area contributed by atoms with Crippen LogP contribution in [0.25, 0.3) is 0 Å². The number of ether oxygens (including phenoxy) is 1. The highest BCUT2D eigenvalue weighted by molar-refractivity contribution is 6.35. The fourth-order valence-corrected chi connectivity index (χ4v) is 2.17. The van der Waals surface area contributed by atoms with Crippen LogP contribution in [0.2, 0.25) is 10.0 Å². The molecule has 1 aromatic carbocycles. The van der Waals surface area contributed by atoms with Crippen molar-refractivity contribution in [3.63, 3.8) is 0 Å². The van der Waals surface area contributed by atoms with Crippen molar-refractivity contribution in [3.8, 4) is 0 Å². The van der Waals surface area contributed by atoms with Gasteiger partial charge in [-0.1, -0.05) is 44.0 Å². The van der Waals surface area contributed by atoms with Gasteiger partial charge >= 0.3 is 5.97 Å². The second kappa shape index (κ2) is 6.46. The molecule has 1 aromatic rings. The normalized spacial score (nSPS) is 12.7. The molecule has 0 radical (unpaired) electrons. The number of carbonyl (C=O) groups is 2. The minimum Gasteiger partial charge on any atom is -0.467 e. The van der Waals surface area contributed by atoms with Gasteiger partial charge in [-0.15, -0.1) is 0 Å². The maximum absolute atomic E-state index is 12.2. The van der Waals surface area contributed by atoms with Gasteiger partial charge in [0.2, 0.25) is 0 Å². The minimum atomic E-state index is -0.766. The number of amides is 1. The monoisotopic (exact) mass is 317 g/mol. The molecule has 0 aliphatic rings. The molecule has 1 amide bonds. The summed E-state index contributed by atoms with van der Waals surface area (Å²) in [5.41, 5.74) is -0.189. The third-order valence-corrected chi connectivity index (χ3v) is 3.14. The molecule has 0 heterocycles. The predicted molar refractivity (Wildman–Crippen MR) is 79.2 cm³/mol. The van der Waals surface area contributed by atoms with Crippen LogP contribution in [0.3, 0.4) is 0 Å². The number of hydrogen-bond donors (Lipinski definition) is 1. The summed E-state index contributed by atoms with van der Waals surface area (Å²) < 4.78 is 4.72. The molecule has 6 heteroatoms. The summed E-state index contributed by atoms with van der Waals surface area (Å²) >= 11 is 11.7.